The Hall–Kier alpha value is -1.72. The predicted molar refractivity (Wildman–Crippen MR) is 73.4 cm³/mol. The van der Waals surface area contributed by atoms with Crippen LogP contribution in [-0.2, 0) is 0 Å². The average molecular weight is 297 g/mol. The van der Waals surface area contributed by atoms with Crippen molar-refractivity contribution in [3.63, 3.8) is 0 Å². The number of aromatic nitrogens is 2. The molecule has 0 aliphatic carbocycles. The number of aromatic amines is 1. The molecular weight excluding hydrogens is 290 g/mol. The normalized spacial score (nSPS) is 11.1. The number of nitrogens with one attached hydrogen (secondary N) is 1. The van der Waals surface area contributed by atoms with Crippen molar-refractivity contribution in [2.45, 2.75) is 0 Å². The Bertz CT molecular complexity index is 818. The van der Waals surface area contributed by atoms with E-state index in [1.165, 1.54) is 12.1 Å². The lowest BCUT2D eigenvalue weighted by atomic mass is 10.2. The summed E-state index contributed by atoms with van der Waals surface area (Å²) in [6.45, 7) is 0. The first-order valence-electron chi connectivity index (χ1n) is 5.41. The lowest BCUT2D eigenvalue weighted by Crippen LogP contribution is -1.96. The largest absolute Gasteiger partial charge is 0.330 e. The lowest BCUT2D eigenvalue weighted by molar-refractivity contribution is 0.581. The van der Waals surface area contributed by atoms with Crippen molar-refractivity contribution >= 4 is 34.9 Å². The quantitative estimate of drug-likeness (QED) is 0.650. The molecule has 1 N–H and O–H groups in total. The summed E-state index contributed by atoms with van der Waals surface area (Å²) in [6, 6.07) is 8.41. The molecule has 1 heterocycles. The van der Waals surface area contributed by atoms with Crippen LogP contribution in [0, 0.1) is 16.4 Å². The Morgan fingerprint density at radius 3 is 2.42 bits per heavy atom. The van der Waals surface area contributed by atoms with Crippen molar-refractivity contribution in [2.24, 2.45) is 0 Å². The van der Waals surface area contributed by atoms with E-state index in [1.807, 2.05) is 0 Å². The molecule has 2 nitrogen and oxygen atoms in total. The van der Waals surface area contributed by atoms with Crippen LogP contribution in [0.1, 0.15) is 0 Å². The third-order valence-corrected chi connectivity index (χ3v) is 3.27. The van der Waals surface area contributed by atoms with Crippen LogP contribution in [0.25, 0.3) is 16.7 Å². The van der Waals surface area contributed by atoms with Crippen molar-refractivity contribution in [1.29, 1.82) is 0 Å². The third kappa shape index (κ3) is 2.15. The van der Waals surface area contributed by atoms with Crippen LogP contribution in [0.3, 0.4) is 0 Å². The van der Waals surface area contributed by atoms with Crippen LogP contribution in [0.4, 0.5) is 8.78 Å². The van der Waals surface area contributed by atoms with Gasteiger partial charge >= 0.3 is 0 Å². The summed E-state index contributed by atoms with van der Waals surface area (Å²) < 4.78 is 28.5. The molecule has 3 rings (SSSR count). The van der Waals surface area contributed by atoms with E-state index >= 15 is 0 Å². The van der Waals surface area contributed by atoms with E-state index in [1.54, 1.807) is 22.8 Å². The monoisotopic (exact) mass is 296 g/mol. The van der Waals surface area contributed by atoms with Gasteiger partial charge in [-0.3, -0.25) is 4.57 Å². The van der Waals surface area contributed by atoms with Gasteiger partial charge in [-0.2, -0.15) is 0 Å². The zero-order chi connectivity index (χ0) is 13.6. The van der Waals surface area contributed by atoms with E-state index in [0.717, 1.165) is 11.6 Å². The third-order valence-electron chi connectivity index (χ3n) is 2.75. The Kier molecular flexibility index (Phi) is 2.88. The van der Waals surface area contributed by atoms with Crippen molar-refractivity contribution in [3.05, 3.63) is 57.8 Å². The molecule has 0 aliphatic rings. The first kappa shape index (κ1) is 12.3. The zero-order valence-corrected chi connectivity index (χ0v) is 11.0. The first-order chi connectivity index (χ1) is 9.04. The van der Waals surface area contributed by atoms with E-state index in [9.17, 15) is 8.78 Å². The highest BCUT2D eigenvalue weighted by Gasteiger charge is 2.09. The van der Waals surface area contributed by atoms with Crippen LogP contribution < -0.4 is 0 Å². The van der Waals surface area contributed by atoms with Gasteiger partial charge in [-0.1, -0.05) is 11.6 Å². The second-order valence-corrected chi connectivity index (χ2v) is 4.88. The SMILES string of the molecule is Fc1cc(F)cc(-n2c(=S)[nH]c3ccc(Cl)cc32)c1. The van der Waals surface area contributed by atoms with Gasteiger partial charge in [-0.15, -0.1) is 0 Å². The second kappa shape index (κ2) is 4.43. The van der Waals surface area contributed by atoms with Crippen LogP contribution in [0.5, 0.6) is 0 Å². The molecule has 1 aromatic heterocycles. The number of hydrogen-bond donors (Lipinski definition) is 1. The molecule has 0 atom stereocenters. The van der Waals surface area contributed by atoms with Gasteiger partial charge < -0.3 is 4.98 Å². The summed E-state index contributed by atoms with van der Waals surface area (Å²) in [7, 11) is 0. The summed E-state index contributed by atoms with van der Waals surface area (Å²) in [6.07, 6.45) is 0. The molecule has 2 aromatic carbocycles. The summed E-state index contributed by atoms with van der Waals surface area (Å²) in [5, 5.41) is 0.520. The Morgan fingerprint density at radius 2 is 1.74 bits per heavy atom. The van der Waals surface area contributed by atoms with Crippen LogP contribution in [0.2, 0.25) is 5.02 Å². The van der Waals surface area contributed by atoms with Gasteiger partial charge in [0.05, 0.1) is 16.7 Å². The standard InChI is InChI=1S/C13H7ClF2N2S/c14-7-1-2-11-12(3-7)18(13(19)17-11)10-5-8(15)4-9(16)6-10/h1-6H,(H,17,19). The van der Waals surface area contributed by atoms with E-state index in [4.69, 9.17) is 23.8 Å². The van der Waals surface area contributed by atoms with Crippen molar-refractivity contribution < 1.29 is 8.78 Å². The van der Waals surface area contributed by atoms with Gasteiger partial charge in [0.2, 0.25) is 0 Å². The van der Waals surface area contributed by atoms with Gasteiger partial charge in [-0.05, 0) is 42.5 Å². The van der Waals surface area contributed by atoms with Gasteiger partial charge in [0.25, 0.3) is 0 Å². The summed E-state index contributed by atoms with van der Waals surface area (Å²) in [5.74, 6) is -1.32. The minimum atomic E-state index is -0.659. The Labute approximate surface area is 117 Å². The van der Waals surface area contributed by atoms with Gasteiger partial charge in [0.1, 0.15) is 11.6 Å². The Morgan fingerprint density at radius 1 is 1.05 bits per heavy atom. The number of H-pyrrole nitrogens is 1. The van der Waals surface area contributed by atoms with E-state index in [-0.39, 0.29) is 0 Å². The van der Waals surface area contributed by atoms with Gasteiger partial charge in [0, 0.05) is 11.1 Å². The maximum Gasteiger partial charge on any atom is 0.182 e. The van der Waals surface area contributed by atoms with Crippen molar-refractivity contribution in [2.75, 3.05) is 0 Å². The van der Waals surface area contributed by atoms with E-state index in [2.05, 4.69) is 4.98 Å². The molecule has 0 aliphatic heterocycles. The van der Waals surface area contributed by atoms with Gasteiger partial charge in [0.15, 0.2) is 4.77 Å². The Balaban J connectivity index is 2.38. The molecule has 0 saturated heterocycles. The minimum absolute atomic E-state index is 0.316. The number of hydrogen-bond acceptors (Lipinski definition) is 1. The molecule has 0 amide bonds. The molecule has 6 heteroatoms. The first-order valence-corrected chi connectivity index (χ1v) is 6.20. The average Bonchev–Trinajstić information content (AvgIpc) is 2.63. The van der Waals surface area contributed by atoms with Crippen molar-refractivity contribution in [1.82, 2.24) is 9.55 Å². The highest BCUT2D eigenvalue weighted by Crippen LogP contribution is 2.23. The van der Waals surface area contributed by atoms with Crippen molar-refractivity contribution in [3.8, 4) is 5.69 Å². The summed E-state index contributed by atoms with van der Waals surface area (Å²) in [5.41, 5.74) is 1.73. The van der Waals surface area contributed by atoms with Crippen LogP contribution in [-0.4, -0.2) is 9.55 Å². The molecule has 0 unspecified atom stereocenters. The molecule has 0 fully saturated rings. The number of nitrogens with zero attached hydrogens (tertiary/aromatic N) is 1. The summed E-state index contributed by atoms with van der Waals surface area (Å²) >= 11 is 11.1. The van der Waals surface area contributed by atoms with Gasteiger partial charge in [-0.25, -0.2) is 8.78 Å². The topological polar surface area (TPSA) is 20.7 Å². The maximum absolute atomic E-state index is 13.3. The molecular formula is C13H7ClF2N2S. The molecule has 0 spiro atoms. The second-order valence-electron chi connectivity index (χ2n) is 4.05. The zero-order valence-electron chi connectivity index (χ0n) is 9.45. The number of fused-ring (bicyclic) bond motifs is 1. The molecule has 19 heavy (non-hydrogen) atoms. The number of benzene rings is 2. The molecule has 0 saturated carbocycles. The molecule has 0 radical (unpaired) electrons. The van der Waals surface area contributed by atoms with E-state index < -0.39 is 11.6 Å². The highest BCUT2D eigenvalue weighted by molar-refractivity contribution is 7.71. The predicted octanol–water partition coefficient (Wildman–Crippen LogP) is 4.62. The van der Waals surface area contributed by atoms with Crippen LogP contribution in [0.15, 0.2) is 36.4 Å². The summed E-state index contributed by atoms with van der Waals surface area (Å²) in [4.78, 5) is 2.97. The minimum Gasteiger partial charge on any atom is -0.330 e. The maximum atomic E-state index is 13.3. The fourth-order valence-corrected chi connectivity index (χ4v) is 2.48. The molecule has 0 bridgehead atoms. The smallest absolute Gasteiger partial charge is 0.182 e. The fraction of sp³-hybridized carbons (Fsp3) is 0. The van der Waals surface area contributed by atoms with E-state index in [0.29, 0.717) is 21.0 Å². The molecule has 96 valence electrons. The number of rotatable bonds is 1. The number of imidazole rings is 1. The van der Waals surface area contributed by atoms with Crippen LogP contribution >= 0.6 is 23.8 Å². The fourth-order valence-electron chi connectivity index (χ4n) is 2.00. The highest BCUT2D eigenvalue weighted by atomic mass is 35.5. The lowest BCUT2D eigenvalue weighted by Gasteiger charge is -2.05. The number of halogens is 3. The molecule has 3 aromatic rings.